The molecule has 0 spiro atoms. The van der Waals surface area contributed by atoms with E-state index in [1.807, 2.05) is 6.92 Å². The summed E-state index contributed by atoms with van der Waals surface area (Å²) in [5.41, 5.74) is 0.813. The lowest BCUT2D eigenvalue weighted by Crippen LogP contribution is -2.03. The number of carbonyl (C=O) groups excluding carboxylic acids is 2. The molecule has 1 rings (SSSR count). The molecule has 0 radical (unpaired) electrons. The van der Waals surface area contributed by atoms with Crippen LogP contribution in [0, 0.1) is 11.8 Å². The highest BCUT2D eigenvalue weighted by atomic mass is 35.5. The van der Waals surface area contributed by atoms with Gasteiger partial charge in [-0.3, -0.25) is 9.59 Å². The zero-order chi connectivity index (χ0) is 15.7. The molecule has 0 saturated heterocycles. The molecule has 4 nitrogen and oxygen atoms in total. The highest BCUT2D eigenvalue weighted by Crippen LogP contribution is 2.14. The van der Waals surface area contributed by atoms with Crippen molar-refractivity contribution in [2.75, 3.05) is 26.4 Å². The van der Waals surface area contributed by atoms with E-state index in [2.05, 4.69) is 11.8 Å². The highest BCUT2D eigenvalue weighted by molar-refractivity contribution is 6.69. The fourth-order valence-electron chi connectivity index (χ4n) is 1.45. The van der Waals surface area contributed by atoms with Gasteiger partial charge in [0.15, 0.2) is 0 Å². The lowest BCUT2D eigenvalue weighted by Gasteiger charge is -2.01. The van der Waals surface area contributed by atoms with Crippen LogP contribution in [0.3, 0.4) is 0 Å². The maximum absolute atomic E-state index is 11.2. The molecule has 112 valence electrons. The summed E-state index contributed by atoms with van der Waals surface area (Å²) in [6.07, 6.45) is 0. The number of ether oxygens (including phenoxy) is 2. The Hall–Kier alpha value is -1.38. The first-order valence-electron chi connectivity index (χ1n) is 6.23. The van der Waals surface area contributed by atoms with Gasteiger partial charge in [-0.05, 0) is 48.3 Å². The van der Waals surface area contributed by atoms with Gasteiger partial charge in [0, 0.05) is 23.3 Å². The molecule has 1 aromatic carbocycles. The third kappa shape index (κ3) is 6.74. The first-order valence-corrected chi connectivity index (χ1v) is 6.99. The van der Waals surface area contributed by atoms with Crippen LogP contribution in [0.25, 0.3) is 0 Å². The van der Waals surface area contributed by atoms with Crippen molar-refractivity contribution in [3.8, 4) is 11.8 Å². The lowest BCUT2D eigenvalue weighted by molar-refractivity contribution is 0.0662. The Bertz CT molecular complexity index is 541. The van der Waals surface area contributed by atoms with Crippen LogP contribution in [0.15, 0.2) is 18.2 Å². The monoisotopic (exact) mass is 328 g/mol. The zero-order valence-electron chi connectivity index (χ0n) is 11.4. The first-order chi connectivity index (χ1) is 10.0. The largest absolute Gasteiger partial charge is 0.379 e. The van der Waals surface area contributed by atoms with E-state index in [-0.39, 0.29) is 17.7 Å². The van der Waals surface area contributed by atoms with Crippen LogP contribution in [-0.2, 0) is 9.47 Å². The maximum Gasteiger partial charge on any atom is 0.252 e. The van der Waals surface area contributed by atoms with Crippen molar-refractivity contribution in [2.45, 2.75) is 6.92 Å². The minimum Gasteiger partial charge on any atom is -0.379 e. The van der Waals surface area contributed by atoms with Gasteiger partial charge in [-0.15, -0.1) is 0 Å². The van der Waals surface area contributed by atoms with Gasteiger partial charge in [-0.1, -0.05) is 11.8 Å². The third-order valence-electron chi connectivity index (χ3n) is 2.37. The van der Waals surface area contributed by atoms with E-state index < -0.39 is 10.5 Å². The summed E-state index contributed by atoms with van der Waals surface area (Å²) in [5, 5.41) is -1.35. The van der Waals surface area contributed by atoms with Crippen LogP contribution in [-0.4, -0.2) is 36.9 Å². The molecule has 0 aromatic heterocycles. The van der Waals surface area contributed by atoms with Crippen molar-refractivity contribution in [3.63, 3.8) is 0 Å². The van der Waals surface area contributed by atoms with E-state index in [1.54, 1.807) is 0 Å². The quantitative estimate of drug-likeness (QED) is 0.438. The first kappa shape index (κ1) is 17.7. The number of hydrogen-bond donors (Lipinski definition) is 0. The second-order valence-corrected chi connectivity index (χ2v) is 4.58. The second kappa shape index (κ2) is 9.54. The number of benzene rings is 1. The van der Waals surface area contributed by atoms with Gasteiger partial charge in [0.25, 0.3) is 10.5 Å². The SMILES string of the molecule is CCOCCOCC#Cc1cc(C(=O)Cl)cc(C(=O)Cl)c1. The predicted molar refractivity (Wildman–Crippen MR) is 81.0 cm³/mol. The number of rotatable bonds is 7. The molecule has 0 unspecified atom stereocenters. The number of halogens is 2. The number of hydrogen-bond acceptors (Lipinski definition) is 4. The fourth-order valence-corrected chi connectivity index (χ4v) is 1.67. The van der Waals surface area contributed by atoms with Gasteiger partial charge in [0.05, 0.1) is 13.2 Å². The zero-order valence-corrected chi connectivity index (χ0v) is 13.0. The predicted octanol–water partition coefficient (Wildman–Crippen LogP) is 2.85. The average molecular weight is 329 g/mol. The lowest BCUT2D eigenvalue weighted by atomic mass is 10.1. The smallest absolute Gasteiger partial charge is 0.252 e. The van der Waals surface area contributed by atoms with Crippen molar-refractivity contribution >= 4 is 33.7 Å². The van der Waals surface area contributed by atoms with E-state index in [1.165, 1.54) is 18.2 Å². The molecule has 0 atom stereocenters. The third-order valence-corrected chi connectivity index (χ3v) is 2.81. The van der Waals surface area contributed by atoms with E-state index in [4.69, 9.17) is 32.7 Å². The summed E-state index contributed by atoms with van der Waals surface area (Å²) in [7, 11) is 0. The van der Waals surface area contributed by atoms with E-state index in [0.717, 1.165) is 0 Å². The van der Waals surface area contributed by atoms with Crippen LogP contribution in [0.1, 0.15) is 33.2 Å². The molecule has 0 bridgehead atoms. The molecular formula is C15H14Cl2O4. The van der Waals surface area contributed by atoms with Gasteiger partial charge in [0.2, 0.25) is 0 Å². The molecule has 0 N–H and O–H groups in total. The van der Waals surface area contributed by atoms with E-state index in [9.17, 15) is 9.59 Å². The van der Waals surface area contributed by atoms with Gasteiger partial charge in [-0.25, -0.2) is 0 Å². The van der Waals surface area contributed by atoms with E-state index in [0.29, 0.717) is 25.4 Å². The molecule has 0 aliphatic carbocycles. The number of carbonyl (C=O) groups is 2. The van der Waals surface area contributed by atoms with Gasteiger partial charge in [0.1, 0.15) is 6.61 Å². The van der Waals surface area contributed by atoms with Crippen molar-refractivity contribution in [3.05, 3.63) is 34.9 Å². The molecule has 0 saturated carbocycles. The Morgan fingerprint density at radius 2 is 1.62 bits per heavy atom. The summed E-state index contributed by atoms with van der Waals surface area (Å²) < 4.78 is 10.3. The topological polar surface area (TPSA) is 52.6 Å². The second-order valence-electron chi connectivity index (χ2n) is 3.90. The van der Waals surface area contributed by atoms with Crippen molar-refractivity contribution in [1.29, 1.82) is 0 Å². The molecule has 0 amide bonds. The standard InChI is InChI=1S/C15H14Cl2O4/c1-2-20-6-7-21-5-3-4-11-8-12(14(16)18)10-13(9-11)15(17)19/h8-10H,2,5-7H2,1H3. The van der Waals surface area contributed by atoms with Gasteiger partial charge >= 0.3 is 0 Å². The van der Waals surface area contributed by atoms with E-state index >= 15 is 0 Å². The molecule has 0 aliphatic rings. The Labute approximate surface area is 133 Å². The molecule has 6 heteroatoms. The molecule has 21 heavy (non-hydrogen) atoms. The van der Waals surface area contributed by atoms with Crippen molar-refractivity contribution < 1.29 is 19.1 Å². The summed E-state index contributed by atoms with van der Waals surface area (Å²) in [6.45, 7) is 3.73. The van der Waals surface area contributed by atoms with Crippen LogP contribution in [0.5, 0.6) is 0 Å². The normalized spacial score (nSPS) is 9.86. The molecular weight excluding hydrogens is 315 g/mol. The maximum atomic E-state index is 11.2. The van der Waals surface area contributed by atoms with Crippen molar-refractivity contribution in [1.82, 2.24) is 0 Å². The van der Waals surface area contributed by atoms with Gasteiger partial charge < -0.3 is 9.47 Å². The van der Waals surface area contributed by atoms with Crippen LogP contribution in [0.2, 0.25) is 0 Å². The van der Waals surface area contributed by atoms with Crippen LogP contribution in [0.4, 0.5) is 0 Å². The molecule has 0 fully saturated rings. The summed E-state index contributed by atoms with van der Waals surface area (Å²) in [6, 6.07) is 4.31. The molecule has 0 heterocycles. The average Bonchev–Trinajstić information content (AvgIpc) is 2.46. The van der Waals surface area contributed by atoms with Crippen molar-refractivity contribution in [2.24, 2.45) is 0 Å². The minimum atomic E-state index is -0.675. The highest BCUT2D eigenvalue weighted by Gasteiger charge is 2.09. The Morgan fingerprint density at radius 1 is 1.05 bits per heavy atom. The molecule has 1 aromatic rings. The fraction of sp³-hybridized carbons (Fsp3) is 0.333. The Morgan fingerprint density at radius 3 is 2.14 bits per heavy atom. The minimum absolute atomic E-state index is 0.171. The van der Waals surface area contributed by atoms with Crippen LogP contribution >= 0.6 is 23.2 Å². The van der Waals surface area contributed by atoms with Crippen LogP contribution < -0.4 is 0 Å². The van der Waals surface area contributed by atoms with Gasteiger partial charge in [-0.2, -0.15) is 0 Å². The Balaban J connectivity index is 2.70. The summed E-state index contributed by atoms with van der Waals surface area (Å²) in [5.74, 6) is 5.56. The Kier molecular flexibility index (Phi) is 8.03. The summed E-state index contributed by atoms with van der Waals surface area (Å²) >= 11 is 10.8. The molecule has 0 aliphatic heterocycles. The summed E-state index contributed by atoms with van der Waals surface area (Å²) in [4.78, 5) is 22.3.